The fourth-order valence-electron chi connectivity index (χ4n) is 4.50. The molecule has 7 nitrogen and oxygen atoms in total. The van der Waals surface area contributed by atoms with E-state index in [9.17, 15) is 13.2 Å². The van der Waals surface area contributed by atoms with Crippen molar-refractivity contribution >= 4 is 16.6 Å². The van der Waals surface area contributed by atoms with E-state index in [2.05, 4.69) is 30.5 Å². The van der Waals surface area contributed by atoms with Crippen LogP contribution in [0.1, 0.15) is 24.0 Å². The van der Waals surface area contributed by atoms with Crippen LogP contribution < -0.4 is 10.2 Å². The maximum absolute atomic E-state index is 13.2. The number of nitrogens with zero attached hydrogens (tertiary/aromatic N) is 6. The van der Waals surface area contributed by atoms with Gasteiger partial charge in [0.1, 0.15) is 5.69 Å². The summed E-state index contributed by atoms with van der Waals surface area (Å²) in [6, 6.07) is 11.5. The maximum atomic E-state index is 13.2. The molecular weight excluding hydrogens is 443 g/mol. The Balaban J connectivity index is 1.30. The molecule has 0 unspecified atom stereocenters. The number of hydrogen-bond donors (Lipinski definition) is 1. The van der Waals surface area contributed by atoms with Gasteiger partial charge >= 0.3 is 6.18 Å². The summed E-state index contributed by atoms with van der Waals surface area (Å²) < 4.78 is 41.5. The number of fused-ring (bicyclic) bond motifs is 1. The lowest BCUT2D eigenvalue weighted by Gasteiger charge is -2.33. The molecule has 10 heteroatoms. The third-order valence-electron chi connectivity index (χ3n) is 6.32. The molecule has 3 aromatic heterocycles. The number of piperidine rings is 1. The van der Waals surface area contributed by atoms with E-state index >= 15 is 0 Å². The zero-order valence-electron chi connectivity index (χ0n) is 18.6. The van der Waals surface area contributed by atoms with Crippen LogP contribution in [0.4, 0.5) is 19.0 Å². The lowest BCUT2D eigenvalue weighted by atomic mass is 10.0. The molecule has 0 atom stereocenters. The summed E-state index contributed by atoms with van der Waals surface area (Å²) in [4.78, 5) is 5.83. The first kappa shape index (κ1) is 22.3. The molecule has 4 aromatic rings. The molecule has 176 valence electrons. The molecule has 0 bridgehead atoms. The standard InChI is InChI=1S/C24H24F3N7/c1-33-21(7-11-30-33)22-18-4-2-3-5-19(18)23(32-31-22)34-12-8-17(9-13-34)29-14-16-6-10-28-15-20(16)24(25,26)27/h2-7,10-11,15,17,29H,8-9,12-14H2,1H3. The number of aromatic nitrogens is 5. The maximum Gasteiger partial charge on any atom is 0.418 e. The molecular formula is C24H24F3N7. The number of rotatable bonds is 5. The normalized spacial score (nSPS) is 15.2. The van der Waals surface area contributed by atoms with Crippen LogP contribution >= 0.6 is 0 Å². The van der Waals surface area contributed by atoms with Crippen molar-refractivity contribution in [1.29, 1.82) is 0 Å². The van der Waals surface area contributed by atoms with Crippen LogP contribution in [-0.4, -0.2) is 44.1 Å². The lowest BCUT2D eigenvalue weighted by molar-refractivity contribution is -0.138. The van der Waals surface area contributed by atoms with Crippen molar-refractivity contribution in [3.8, 4) is 11.4 Å². The highest BCUT2D eigenvalue weighted by Gasteiger charge is 2.33. The molecule has 1 N–H and O–H groups in total. The molecule has 0 aliphatic carbocycles. The molecule has 1 fully saturated rings. The Hall–Kier alpha value is -3.53. The van der Waals surface area contributed by atoms with Crippen LogP contribution in [-0.2, 0) is 19.8 Å². The lowest BCUT2D eigenvalue weighted by Crippen LogP contribution is -2.43. The van der Waals surface area contributed by atoms with Gasteiger partial charge < -0.3 is 10.2 Å². The van der Waals surface area contributed by atoms with Crippen LogP contribution in [0.25, 0.3) is 22.2 Å². The molecule has 1 aromatic carbocycles. The van der Waals surface area contributed by atoms with Crippen LogP contribution in [0.15, 0.2) is 55.0 Å². The third-order valence-corrected chi connectivity index (χ3v) is 6.32. The van der Waals surface area contributed by atoms with Crippen molar-refractivity contribution in [2.45, 2.75) is 31.6 Å². The van der Waals surface area contributed by atoms with Gasteiger partial charge in [-0.05, 0) is 30.5 Å². The van der Waals surface area contributed by atoms with E-state index in [1.807, 2.05) is 37.4 Å². The molecule has 1 saturated heterocycles. The third kappa shape index (κ3) is 4.33. The van der Waals surface area contributed by atoms with Gasteiger partial charge in [-0.1, -0.05) is 24.3 Å². The highest BCUT2D eigenvalue weighted by Crippen LogP contribution is 2.33. The minimum absolute atomic E-state index is 0.124. The number of hydrogen-bond acceptors (Lipinski definition) is 6. The highest BCUT2D eigenvalue weighted by atomic mass is 19.4. The Labute approximate surface area is 194 Å². The second kappa shape index (κ2) is 9.02. The van der Waals surface area contributed by atoms with E-state index < -0.39 is 11.7 Å². The van der Waals surface area contributed by atoms with E-state index in [0.717, 1.165) is 60.1 Å². The van der Waals surface area contributed by atoms with Crippen molar-refractivity contribution in [3.63, 3.8) is 0 Å². The van der Waals surface area contributed by atoms with Crippen molar-refractivity contribution < 1.29 is 13.2 Å². The van der Waals surface area contributed by atoms with E-state index in [-0.39, 0.29) is 18.2 Å². The first-order chi connectivity index (χ1) is 16.4. The summed E-state index contributed by atoms with van der Waals surface area (Å²) in [6.07, 6.45) is 1.21. The molecule has 0 radical (unpaired) electrons. The van der Waals surface area contributed by atoms with Crippen LogP contribution in [0, 0.1) is 0 Å². The summed E-state index contributed by atoms with van der Waals surface area (Å²) in [5.41, 5.74) is 1.21. The Morgan fingerprint density at radius 3 is 2.47 bits per heavy atom. The molecule has 5 rings (SSSR count). The first-order valence-electron chi connectivity index (χ1n) is 11.1. The average Bonchev–Trinajstić information content (AvgIpc) is 3.27. The van der Waals surface area contributed by atoms with E-state index in [1.165, 1.54) is 12.3 Å². The van der Waals surface area contributed by atoms with E-state index in [4.69, 9.17) is 0 Å². The van der Waals surface area contributed by atoms with Gasteiger partial charge in [0, 0.05) is 62.1 Å². The molecule has 0 amide bonds. The number of benzene rings is 1. The monoisotopic (exact) mass is 467 g/mol. The van der Waals surface area contributed by atoms with Gasteiger partial charge in [-0.25, -0.2) is 0 Å². The Morgan fingerprint density at radius 1 is 1.00 bits per heavy atom. The Bertz CT molecular complexity index is 1290. The van der Waals surface area contributed by atoms with Crippen LogP contribution in [0.2, 0.25) is 0 Å². The number of anilines is 1. The van der Waals surface area contributed by atoms with Crippen molar-refractivity contribution in [2.75, 3.05) is 18.0 Å². The second-order valence-corrected chi connectivity index (χ2v) is 8.43. The number of pyridine rings is 1. The zero-order chi connectivity index (χ0) is 23.7. The number of nitrogens with one attached hydrogen (secondary N) is 1. The second-order valence-electron chi connectivity index (χ2n) is 8.43. The summed E-state index contributed by atoms with van der Waals surface area (Å²) in [7, 11) is 1.88. The quantitative estimate of drug-likeness (QED) is 0.474. The average molecular weight is 467 g/mol. The zero-order valence-corrected chi connectivity index (χ0v) is 18.6. The van der Waals surface area contributed by atoms with Gasteiger partial charge in [0.25, 0.3) is 0 Å². The largest absolute Gasteiger partial charge is 0.418 e. The van der Waals surface area contributed by atoms with Crippen molar-refractivity contribution in [3.05, 3.63) is 66.1 Å². The van der Waals surface area contributed by atoms with Gasteiger partial charge in [0.05, 0.1) is 11.3 Å². The summed E-state index contributed by atoms with van der Waals surface area (Å²) >= 11 is 0. The predicted molar refractivity (Wildman–Crippen MR) is 123 cm³/mol. The van der Waals surface area contributed by atoms with Gasteiger partial charge in [0.15, 0.2) is 5.82 Å². The molecule has 1 aliphatic heterocycles. The smallest absolute Gasteiger partial charge is 0.354 e. The topological polar surface area (TPSA) is 71.8 Å². The summed E-state index contributed by atoms with van der Waals surface area (Å²) in [6.45, 7) is 1.64. The van der Waals surface area contributed by atoms with E-state index in [1.54, 1.807) is 10.9 Å². The van der Waals surface area contributed by atoms with Crippen LogP contribution in [0.5, 0.6) is 0 Å². The fraction of sp³-hybridized carbons (Fsp3) is 0.333. The molecule has 0 spiro atoms. The molecule has 0 saturated carbocycles. The van der Waals surface area contributed by atoms with Crippen molar-refractivity contribution in [2.24, 2.45) is 7.05 Å². The molecule has 1 aliphatic rings. The number of alkyl halides is 3. The minimum Gasteiger partial charge on any atom is -0.354 e. The van der Waals surface area contributed by atoms with Gasteiger partial charge in [-0.15, -0.1) is 10.2 Å². The number of halogens is 3. The predicted octanol–water partition coefficient (Wildman–Crippen LogP) is 4.20. The van der Waals surface area contributed by atoms with Gasteiger partial charge in [-0.3, -0.25) is 9.67 Å². The summed E-state index contributed by atoms with van der Waals surface area (Å²) in [5.74, 6) is 0.827. The SMILES string of the molecule is Cn1nccc1-c1nnc(N2CCC(NCc3ccncc3C(F)(F)F)CC2)c2ccccc12. The number of aryl methyl sites for hydroxylation is 1. The molecule has 4 heterocycles. The van der Waals surface area contributed by atoms with E-state index in [0.29, 0.717) is 0 Å². The first-order valence-corrected chi connectivity index (χ1v) is 11.1. The fourth-order valence-corrected chi connectivity index (χ4v) is 4.50. The minimum atomic E-state index is -4.41. The Kier molecular flexibility index (Phi) is 5.91. The van der Waals surface area contributed by atoms with Gasteiger partial charge in [0.2, 0.25) is 0 Å². The van der Waals surface area contributed by atoms with Gasteiger partial charge in [-0.2, -0.15) is 18.3 Å². The van der Waals surface area contributed by atoms with Crippen LogP contribution in [0.3, 0.4) is 0 Å². The highest BCUT2D eigenvalue weighted by molar-refractivity contribution is 5.99. The Morgan fingerprint density at radius 2 is 1.76 bits per heavy atom. The van der Waals surface area contributed by atoms with Crippen molar-refractivity contribution in [1.82, 2.24) is 30.3 Å². The molecule has 34 heavy (non-hydrogen) atoms. The summed E-state index contributed by atoms with van der Waals surface area (Å²) in [5, 5.41) is 18.7.